The third-order valence-corrected chi connectivity index (χ3v) is 3.16. The van der Waals surface area contributed by atoms with Gasteiger partial charge in [-0.25, -0.2) is 4.79 Å². The molecule has 106 valence electrons. The monoisotopic (exact) mass is 293 g/mol. The molecule has 2 rings (SSSR count). The van der Waals surface area contributed by atoms with Crippen LogP contribution >= 0.6 is 11.6 Å². The molecule has 0 aliphatic heterocycles. The second-order valence-corrected chi connectivity index (χ2v) is 4.82. The quantitative estimate of drug-likeness (QED) is 0.695. The van der Waals surface area contributed by atoms with E-state index in [4.69, 9.17) is 22.1 Å². The number of carbonyl (C=O) groups excluding carboxylic acids is 1. The lowest BCUT2D eigenvalue weighted by molar-refractivity contribution is 0.0462. The van der Waals surface area contributed by atoms with Gasteiger partial charge in [0.2, 0.25) is 0 Å². The van der Waals surface area contributed by atoms with Gasteiger partial charge in [0.15, 0.2) is 0 Å². The minimum Gasteiger partial charge on any atom is -0.456 e. The fourth-order valence-corrected chi connectivity index (χ4v) is 2.17. The molecule has 20 heavy (non-hydrogen) atoms. The molecular weight excluding hydrogens is 278 g/mol. The molecule has 0 aliphatic carbocycles. The van der Waals surface area contributed by atoms with E-state index in [0.717, 1.165) is 17.9 Å². The minimum atomic E-state index is -0.475. The number of nitrogens with two attached hydrogens (primary N) is 1. The van der Waals surface area contributed by atoms with Crippen LogP contribution in [0.3, 0.4) is 0 Å². The van der Waals surface area contributed by atoms with Crippen molar-refractivity contribution in [2.45, 2.75) is 27.0 Å². The van der Waals surface area contributed by atoms with Gasteiger partial charge in [0, 0.05) is 12.2 Å². The van der Waals surface area contributed by atoms with Gasteiger partial charge in [-0.15, -0.1) is 0 Å². The maximum atomic E-state index is 12.0. The molecule has 1 aromatic heterocycles. The number of carbonyl (C=O) groups is 1. The van der Waals surface area contributed by atoms with Crippen LogP contribution in [0.4, 0.5) is 5.69 Å². The van der Waals surface area contributed by atoms with Crippen LogP contribution in [0.5, 0.6) is 0 Å². The van der Waals surface area contributed by atoms with Crippen LogP contribution in [-0.4, -0.2) is 15.7 Å². The average molecular weight is 294 g/mol. The van der Waals surface area contributed by atoms with Gasteiger partial charge in [0.05, 0.1) is 22.0 Å². The molecule has 0 unspecified atom stereocenters. The zero-order valence-electron chi connectivity index (χ0n) is 11.4. The standard InChI is InChI=1S/C14H16ClN3O2/c1-3-18-11(6-9(2)17-18)8-20-14(19)12-5-4-10(16)7-13(12)15/h4-7H,3,8,16H2,1-2H3. The Balaban J connectivity index is 2.08. The Labute approximate surface area is 122 Å². The van der Waals surface area contributed by atoms with Crippen LogP contribution in [-0.2, 0) is 17.9 Å². The van der Waals surface area contributed by atoms with Crippen LogP contribution in [0.1, 0.15) is 28.7 Å². The van der Waals surface area contributed by atoms with Gasteiger partial charge in [-0.05, 0) is 38.1 Å². The first-order valence-electron chi connectivity index (χ1n) is 6.26. The molecule has 0 radical (unpaired) electrons. The summed E-state index contributed by atoms with van der Waals surface area (Å²) in [5.41, 5.74) is 8.14. The van der Waals surface area contributed by atoms with Crippen molar-refractivity contribution in [2.24, 2.45) is 0 Å². The second-order valence-electron chi connectivity index (χ2n) is 4.41. The van der Waals surface area contributed by atoms with Crippen molar-refractivity contribution in [3.63, 3.8) is 0 Å². The number of rotatable bonds is 4. The lowest BCUT2D eigenvalue weighted by atomic mass is 10.2. The molecule has 0 bridgehead atoms. The Morgan fingerprint density at radius 1 is 1.45 bits per heavy atom. The Hall–Kier alpha value is -2.01. The lowest BCUT2D eigenvalue weighted by Crippen LogP contribution is -2.10. The van der Waals surface area contributed by atoms with Crippen molar-refractivity contribution < 1.29 is 9.53 Å². The average Bonchev–Trinajstić information content (AvgIpc) is 2.76. The summed E-state index contributed by atoms with van der Waals surface area (Å²) in [6.45, 7) is 4.76. The molecule has 6 heteroatoms. The molecule has 5 nitrogen and oxygen atoms in total. The van der Waals surface area contributed by atoms with Crippen molar-refractivity contribution in [3.8, 4) is 0 Å². The Morgan fingerprint density at radius 2 is 2.20 bits per heavy atom. The van der Waals surface area contributed by atoms with Crippen molar-refractivity contribution in [2.75, 3.05) is 5.73 Å². The highest BCUT2D eigenvalue weighted by molar-refractivity contribution is 6.33. The van der Waals surface area contributed by atoms with Gasteiger partial charge in [-0.2, -0.15) is 5.10 Å². The minimum absolute atomic E-state index is 0.161. The topological polar surface area (TPSA) is 70.1 Å². The number of aryl methyl sites for hydroxylation is 2. The molecular formula is C14H16ClN3O2. The van der Waals surface area contributed by atoms with Gasteiger partial charge < -0.3 is 10.5 Å². The number of anilines is 1. The number of nitrogen functional groups attached to an aromatic ring is 1. The number of hydrogen-bond acceptors (Lipinski definition) is 4. The van der Waals surface area contributed by atoms with E-state index < -0.39 is 5.97 Å². The highest BCUT2D eigenvalue weighted by atomic mass is 35.5. The van der Waals surface area contributed by atoms with Crippen molar-refractivity contribution in [3.05, 3.63) is 46.2 Å². The lowest BCUT2D eigenvalue weighted by Gasteiger charge is -2.08. The van der Waals surface area contributed by atoms with E-state index in [1.807, 2.05) is 19.9 Å². The highest BCUT2D eigenvalue weighted by Crippen LogP contribution is 2.20. The van der Waals surface area contributed by atoms with Crippen molar-refractivity contribution in [1.82, 2.24) is 9.78 Å². The SMILES string of the molecule is CCn1nc(C)cc1COC(=O)c1ccc(N)cc1Cl. The summed E-state index contributed by atoms with van der Waals surface area (Å²) in [6.07, 6.45) is 0. The number of aromatic nitrogens is 2. The summed E-state index contributed by atoms with van der Waals surface area (Å²) in [7, 11) is 0. The third-order valence-electron chi connectivity index (χ3n) is 2.85. The predicted octanol–water partition coefficient (Wildman–Crippen LogP) is 2.80. The number of nitrogens with zero attached hydrogens (tertiary/aromatic N) is 2. The summed E-state index contributed by atoms with van der Waals surface area (Å²) in [5.74, 6) is -0.475. The second kappa shape index (κ2) is 5.96. The molecule has 0 amide bonds. The van der Waals surface area contributed by atoms with E-state index in [2.05, 4.69) is 5.10 Å². The zero-order chi connectivity index (χ0) is 14.7. The molecule has 0 fully saturated rings. The Morgan fingerprint density at radius 3 is 2.85 bits per heavy atom. The molecule has 2 aromatic rings. The fourth-order valence-electron chi connectivity index (χ4n) is 1.90. The van der Waals surface area contributed by atoms with Crippen LogP contribution in [0.25, 0.3) is 0 Å². The van der Waals surface area contributed by atoms with E-state index in [-0.39, 0.29) is 11.6 Å². The van der Waals surface area contributed by atoms with E-state index in [9.17, 15) is 4.79 Å². The Kier molecular flexibility index (Phi) is 4.29. The molecule has 2 N–H and O–H groups in total. The first-order valence-corrected chi connectivity index (χ1v) is 6.64. The van der Waals surface area contributed by atoms with Crippen LogP contribution < -0.4 is 5.73 Å². The molecule has 0 saturated carbocycles. The van der Waals surface area contributed by atoms with E-state index >= 15 is 0 Å². The van der Waals surface area contributed by atoms with E-state index in [1.54, 1.807) is 16.8 Å². The largest absolute Gasteiger partial charge is 0.456 e. The number of esters is 1. The maximum Gasteiger partial charge on any atom is 0.340 e. The van der Waals surface area contributed by atoms with Crippen LogP contribution in [0.2, 0.25) is 5.02 Å². The van der Waals surface area contributed by atoms with Crippen LogP contribution in [0, 0.1) is 6.92 Å². The molecule has 0 aliphatic rings. The molecule has 0 spiro atoms. The molecule has 1 heterocycles. The summed E-state index contributed by atoms with van der Waals surface area (Å²) in [5, 5.41) is 4.58. The van der Waals surface area contributed by atoms with Gasteiger partial charge in [0.25, 0.3) is 0 Å². The number of halogens is 1. The number of benzene rings is 1. The fraction of sp³-hybridized carbons (Fsp3) is 0.286. The van der Waals surface area contributed by atoms with Gasteiger partial charge in [-0.3, -0.25) is 4.68 Å². The molecule has 1 aromatic carbocycles. The maximum absolute atomic E-state index is 12.0. The smallest absolute Gasteiger partial charge is 0.340 e. The van der Waals surface area contributed by atoms with Gasteiger partial charge >= 0.3 is 5.97 Å². The highest BCUT2D eigenvalue weighted by Gasteiger charge is 2.13. The number of hydrogen-bond donors (Lipinski definition) is 1. The van der Waals surface area contributed by atoms with Crippen LogP contribution in [0.15, 0.2) is 24.3 Å². The predicted molar refractivity (Wildman–Crippen MR) is 77.6 cm³/mol. The normalized spacial score (nSPS) is 10.6. The summed E-state index contributed by atoms with van der Waals surface area (Å²) >= 11 is 5.97. The summed E-state index contributed by atoms with van der Waals surface area (Å²) in [6, 6.07) is 6.59. The van der Waals surface area contributed by atoms with Crippen molar-refractivity contribution in [1.29, 1.82) is 0 Å². The summed E-state index contributed by atoms with van der Waals surface area (Å²) < 4.78 is 7.06. The Bertz CT molecular complexity index is 637. The van der Waals surface area contributed by atoms with Gasteiger partial charge in [-0.1, -0.05) is 11.6 Å². The first-order chi connectivity index (χ1) is 9.51. The third kappa shape index (κ3) is 3.11. The number of ether oxygens (including phenoxy) is 1. The molecule has 0 saturated heterocycles. The van der Waals surface area contributed by atoms with Gasteiger partial charge in [0.1, 0.15) is 6.61 Å². The van der Waals surface area contributed by atoms with E-state index in [1.165, 1.54) is 6.07 Å². The van der Waals surface area contributed by atoms with E-state index in [0.29, 0.717) is 11.3 Å². The molecule has 0 atom stereocenters. The zero-order valence-corrected chi connectivity index (χ0v) is 12.1. The van der Waals surface area contributed by atoms with Crippen molar-refractivity contribution >= 4 is 23.3 Å². The summed E-state index contributed by atoms with van der Waals surface area (Å²) in [4.78, 5) is 12.0. The first kappa shape index (κ1) is 14.4.